The molecule has 2 aromatic rings. The Morgan fingerprint density at radius 2 is 1.57 bits per heavy atom. The van der Waals surface area contributed by atoms with Gasteiger partial charge in [-0.2, -0.15) is 0 Å². The van der Waals surface area contributed by atoms with Crippen LogP contribution < -0.4 is 0 Å². The third-order valence-electron chi connectivity index (χ3n) is 2.48. The summed E-state index contributed by atoms with van der Waals surface area (Å²) < 4.78 is 0. The van der Waals surface area contributed by atoms with E-state index in [1.165, 1.54) is 0 Å². The summed E-state index contributed by atoms with van der Waals surface area (Å²) in [5.74, 6) is 0.0868. The monoisotopic (exact) mass is 181 g/mol. The van der Waals surface area contributed by atoms with Crippen molar-refractivity contribution in [3.63, 3.8) is 0 Å². The highest BCUT2D eigenvalue weighted by Crippen LogP contribution is 2.33. The number of pyridine rings is 1. The quantitative estimate of drug-likeness (QED) is 0.532. The van der Waals surface area contributed by atoms with Crippen molar-refractivity contribution >= 4 is 5.78 Å². The molecular weight excluding hydrogens is 174 g/mol. The van der Waals surface area contributed by atoms with Gasteiger partial charge in [-0.05, 0) is 12.1 Å². The van der Waals surface area contributed by atoms with Crippen LogP contribution in [0.2, 0.25) is 0 Å². The summed E-state index contributed by atoms with van der Waals surface area (Å²) in [7, 11) is 0. The van der Waals surface area contributed by atoms with Crippen LogP contribution in [-0.2, 0) is 0 Å². The minimum atomic E-state index is 0.0868. The molecule has 0 radical (unpaired) electrons. The topological polar surface area (TPSA) is 30.0 Å². The molecule has 0 fully saturated rings. The molecule has 0 atom stereocenters. The number of fused-ring (bicyclic) bond motifs is 3. The van der Waals surface area contributed by atoms with E-state index < -0.39 is 0 Å². The lowest BCUT2D eigenvalue weighted by molar-refractivity contribution is 0.104. The van der Waals surface area contributed by atoms with Gasteiger partial charge < -0.3 is 0 Å². The van der Waals surface area contributed by atoms with Gasteiger partial charge in [0.15, 0.2) is 5.78 Å². The molecule has 1 aromatic heterocycles. The number of carbonyl (C=O) groups is 1. The molecule has 66 valence electrons. The first kappa shape index (κ1) is 7.44. The van der Waals surface area contributed by atoms with Crippen molar-refractivity contribution < 1.29 is 4.79 Å². The zero-order valence-electron chi connectivity index (χ0n) is 7.40. The summed E-state index contributed by atoms with van der Waals surface area (Å²) >= 11 is 0. The molecule has 1 aromatic carbocycles. The van der Waals surface area contributed by atoms with Crippen molar-refractivity contribution in [3.05, 3.63) is 53.7 Å². The molecule has 0 amide bonds. The van der Waals surface area contributed by atoms with Crippen LogP contribution >= 0.6 is 0 Å². The fourth-order valence-corrected chi connectivity index (χ4v) is 1.84. The summed E-state index contributed by atoms with van der Waals surface area (Å²) in [6.45, 7) is 0. The third kappa shape index (κ3) is 0.799. The van der Waals surface area contributed by atoms with Gasteiger partial charge in [0.25, 0.3) is 0 Å². The molecule has 0 saturated heterocycles. The first-order valence-corrected chi connectivity index (χ1v) is 4.47. The number of ketones is 1. The molecule has 1 aliphatic rings. The van der Waals surface area contributed by atoms with Gasteiger partial charge in [0.05, 0.1) is 5.69 Å². The first-order chi connectivity index (χ1) is 6.88. The van der Waals surface area contributed by atoms with E-state index in [4.69, 9.17) is 0 Å². The van der Waals surface area contributed by atoms with Crippen molar-refractivity contribution in [1.29, 1.82) is 0 Å². The van der Waals surface area contributed by atoms with Gasteiger partial charge in [-0.25, -0.2) is 0 Å². The predicted molar refractivity (Wildman–Crippen MR) is 53.1 cm³/mol. The van der Waals surface area contributed by atoms with Crippen LogP contribution in [0.1, 0.15) is 15.9 Å². The van der Waals surface area contributed by atoms with Crippen LogP contribution in [0, 0.1) is 0 Å². The molecule has 1 heterocycles. The molecule has 14 heavy (non-hydrogen) atoms. The number of nitrogens with zero attached hydrogens (tertiary/aromatic N) is 1. The minimum Gasteiger partial charge on any atom is -0.289 e. The van der Waals surface area contributed by atoms with E-state index in [9.17, 15) is 4.79 Å². The fourth-order valence-electron chi connectivity index (χ4n) is 1.84. The number of hydrogen-bond acceptors (Lipinski definition) is 2. The molecule has 0 spiro atoms. The molecule has 3 rings (SSSR count). The SMILES string of the molecule is O=C1c2ccccc2-c2ncccc21. The van der Waals surface area contributed by atoms with Gasteiger partial charge >= 0.3 is 0 Å². The Balaban J connectivity index is 2.42. The summed E-state index contributed by atoms with van der Waals surface area (Å²) in [4.78, 5) is 16.1. The van der Waals surface area contributed by atoms with E-state index in [0.29, 0.717) is 5.56 Å². The number of hydrogen-bond donors (Lipinski definition) is 0. The average Bonchev–Trinajstić information content (AvgIpc) is 2.55. The van der Waals surface area contributed by atoms with Gasteiger partial charge in [-0.15, -0.1) is 0 Å². The second-order valence-corrected chi connectivity index (χ2v) is 3.27. The maximum absolute atomic E-state index is 11.8. The molecule has 0 unspecified atom stereocenters. The van der Waals surface area contributed by atoms with Gasteiger partial charge in [0.1, 0.15) is 0 Å². The zero-order valence-corrected chi connectivity index (χ0v) is 7.40. The standard InChI is InChI=1S/C12H7NO/c14-12-9-5-2-1-4-8(9)11-10(12)6-3-7-13-11/h1-7H. The fraction of sp³-hybridized carbons (Fsp3) is 0. The largest absolute Gasteiger partial charge is 0.289 e. The van der Waals surface area contributed by atoms with Gasteiger partial charge in [0, 0.05) is 22.9 Å². The van der Waals surface area contributed by atoms with E-state index in [2.05, 4.69) is 4.98 Å². The molecular formula is C12H7NO. The maximum atomic E-state index is 11.8. The summed E-state index contributed by atoms with van der Waals surface area (Å²) in [6, 6.07) is 11.2. The summed E-state index contributed by atoms with van der Waals surface area (Å²) in [5, 5.41) is 0. The van der Waals surface area contributed by atoms with Gasteiger partial charge in [0.2, 0.25) is 0 Å². The van der Waals surface area contributed by atoms with Crippen molar-refractivity contribution in [3.8, 4) is 11.3 Å². The maximum Gasteiger partial charge on any atom is 0.195 e. The summed E-state index contributed by atoms with van der Waals surface area (Å²) in [5.41, 5.74) is 3.25. The van der Waals surface area contributed by atoms with Crippen LogP contribution in [0.15, 0.2) is 42.6 Å². The second-order valence-electron chi connectivity index (χ2n) is 3.27. The smallest absolute Gasteiger partial charge is 0.195 e. The number of rotatable bonds is 0. The Kier molecular flexibility index (Phi) is 1.34. The lowest BCUT2D eigenvalue weighted by Crippen LogP contribution is -1.94. The third-order valence-corrected chi connectivity index (χ3v) is 2.48. The first-order valence-electron chi connectivity index (χ1n) is 4.47. The van der Waals surface area contributed by atoms with Crippen LogP contribution in [0.25, 0.3) is 11.3 Å². The molecule has 0 aliphatic heterocycles. The minimum absolute atomic E-state index is 0.0868. The Hall–Kier alpha value is -1.96. The second kappa shape index (κ2) is 2.51. The number of carbonyl (C=O) groups excluding carboxylic acids is 1. The van der Waals surface area contributed by atoms with Crippen molar-refractivity contribution in [1.82, 2.24) is 4.98 Å². The molecule has 0 bridgehead atoms. The van der Waals surface area contributed by atoms with Crippen molar-refractivity contribution in [2.24, 2.45) is 0 Å². The summed E-state index contributed by atoms with van der Waals surface area (Å²) in [6.07, 6.45) is 1.72. The van der Waals surface area contributed by atoms with E-state index in [1.54, 1.807) is 12.3 Å². The Labute approximate surface area is 81.2 Å². The lowest BCUT2D eigenvalue weighted by Gasteiger charge is -1.95. The molecule has 1 aliphatic carbocycles. The van der Waals surface area contributed by atoms with Crippen LogP contribution in [0.3, 0.4) is 0 Å². The van der Waals surface area contributed by atoms with E-state index >= 15 is 0 Å². The number of benzene rings is 1. The van der Waals surface area contributed by atoms with E-state index in [0.717, 1.165) is 16.8 Å². The number of aromatic nitrogens is 1. The molecule has 0 saturated carbocycles. The predicted octanol–water partition coefficient (Wildman–Crippen LogP) is 2.29. The molecule has 0 N–H and O–H groups in total. The van der Waals surface area contributed by atoms with Gasteiger partial charge in [-0.3, -0.25) is 9.78 Å². The van der Waals surface area contributed by atoms with Crippen LogP contribution in [0.5, 0.6) is 0 Å². The molecule has 2 heteroatoms. The van der Waals surface area contributed by atoms with Crippen LogP contribution in [-0.4, -0.2) is 10.8 Å². The van der Waals surface area contributed by atoms with Crippen molar-refractivity contribution in [2.75, 3.05) is 0 Å². The van der Waals surface area contributed by atoms with Crippen molar-refractivity contribution in [2.45, 2.75) is 0 Å². The normalized spacial score (nSPS) is 12.4. The lowest BCUT2D eigenvalue weighted by atomic mass is 10.1. The van der Waals surface area contributed by atoms with Gasteiger partial charge in [-0.1, -0.05) is 24.3 Å². The Morgan fingerprint density at radius 3 is 2.43 bits per heavy atom. The van der Waals surface area contributed by atoms with E-state index in [-0.39, 0.29) is 5.78 Å². The highest BCUT2D eigenvalue weighted by molar-refractivity contribution is 6.20. The zero-order chi connectivity index (χ0) is 9.54. The van der Waals surface area contributed by atoms with E-state index in [1.807, 2.05) is 30.3 Å². The molecule has 2 nitrogen and oxygen atoms in total. The van der Waals surface area contributed by atoms with Crippen LogP contribution in [0.4, 0.5) is 0 Å². The highest BCUT2D eigenvalue weighted by atomic mass is 16.1. The Morgan fingerprint density at radius 1 is 0.857 bits per heavy atom. The highest BCUT2D eigenvalue weighted by Gasteiger charge is 2.26. The average molecular weight is 181 g/mol. The Bertz CT molecular complexity index is 484.